The van der Waals surface area contributed by atoms with Gasteiger partial charge in [0.15, 0.2) is 0 Å². The van der Waals surface area contributed by atoms with Gasteiger partial charge in [0, 0.05) is 19.2 Å². The summed E-state index contributed by atoms with van der Waals surface area (Å²) >= 11 is 0. The molecule has 1 unspecified atom stereocenters. The van der Waals surface area contributed by atoms with Crippen molar-refractivity contribution < 1.29 is 14.7 Å². The highest BCUT2D eigenvalue weighted by molar-refractivity contribution is 5.97. The molecule has 2 aliphatic rings. The summed E-state index contributed by atoms with van der Waals surface area (Å²) in [7, 11) is 1.80. The fourth-order valence-electron chi connectivity index (χ4n) is 3.27. The number of fused-ring (bicyclic) bond motifs is 1. The lowest BCUT2D eigenvalue weighted by atomic mass is 9.86. The molecule has 1 aliphatic heterocycles. The van der Waals surface area contributed by atoms with Crippen molar-refractivity contribution in [2.24, 2.45) is 5.92 Å². The van der Waals surface area contributed by atoms with E-state index in [1.165, 1.54) is 5.56 Å². The van der Waals surface area contributed by atoms with Crippen molar-refractivity contribution in [2.45, 2.75) is 38.0 Å². The van der Waals surface area contributed by atoms with E-state index in [9.17, 15) is 9.59 Å². The molecular formula is C16H19NO3. The number of carbonyl (C=O) groups is 2. The lowest BCUT2D eigenvalue weighted by Crippen LogP contribution is -2.32. The Kier molecular flexibility index (Phi) is 3.24. The molecule has 1 heterocycles. The maximum atomic E-state index is 11.9. The number of amides is 1. The van der Waals surface area contributed by atoms with Gasteiger partial charge < -0.3 is 10.0 Å². The van der Waals surface area contributed by atoms with Crippen LogP contribution in [0.25, 0.3) is 0 Å². The number of nitrogens with zero attached hydrogens (tertiary/aromatic N) is 1. The van der Waals surface area contributed by atoms with E-state index in [1.54, 1.807) is 11.9 Å². The minimum atomic E-state index is -0.760. The second-order valence-electron chi connectivity index (χ2n) is 5.85. The molecule has 1 N–H and O–H groups in total. The van der Waals surface area contributed by atoms with Gasteiger partial charge in [0.2, 0.25) is 5.91 Å². The van der Waals surface area contributed by atoms with Crippen LogP contribution in [0, 0.1) is 5.92 Å². The Bertz CT molecular complexity index is 563. The van der Waals surface area contributed by atoms with Crippen LogP contribution in [0.5, 0.6) is 0 Å². The third-order valence-corrected chi connectivity index (χ3v) is 4.45. The van der Waals surface area contributed by atoms with E-state index in [1.807, 2.05) is 18.2 Å². The maximum Gasteiger partial charge on any atom is 0.303 e. The topological polar surface area (TPSA) is 57.6 Å². The van der Waals surface area contributed by atoms with Crippen LogP contribution < -0.4 is 4.90 Å². The van der Waals surface area contributed by atoms with Gasteiger partial charge in [-0.05, 0) is 42.2 Å². The Labute approximate surface area is 118 Å². The van der Waals surface area contributed by atoms with Crippen LogP contribution in [0.3, 0.4) is 0 Å². The first-order valence-corrected chi connectivity index (χ1v) is 7.18. The van der Waals surface area contributed by atoms with Crippen LogP contribution in [-0.4, -0.2) is 24.0 Å². The highest BCUT2D eigenvalue weighted by Crippen LogP contribution is 2.48. The normalized spacial score (nSPS) is 19.6. The number of hydrogen-bond donors (Lipinski definition) is 1. The molecule has 0 bridgehead atoms. The minimum Gasteiger partial charge on any atom is -0.481 e. The summed E-state index contributed by atoms with van der Waals surface area (Å²) in [6.45, 7) is 0. The van der Waals surface area contributed by atoms with Crippen LogP contribution in [0.4, 0.5) is 5.69 Å². The van der Waals surface area contributed by atoms with Gasteiger partial charge in [-0.1, -0.05) is 18.2 Å². The van der Waals surface area contributed by atoms with E-state index in [-0.39, 0.29) is 18.2 Å². The molecule has 1 amide bonds. The minimum absolute atomic E-state index is 0.0378. The zero-order valence-electron chi connectivity index (χ0n) is 11.6. The highest BCUT2D eigenvalue weighted by Gasteiger charge is 2.37. The van der Waals surface area contributed by atoms with Crippen molar-refractivity contribution in [3.63, 3.8) is 0 Å². The summed E-state index contributed by atoms with van der Waals surface area (Å²) in [4.78, 5) is 24.8. The maximum absolute atomic E-state index is 11.9. The Morgan fingerprint density at radius 1 is 1.40 bits per heavy atom. The molecule has 1 aromatic rings. The van der Waals surface area contributed by atoms with E-state index < -0.39 is 5.97 Å². The zero-order chi connectivity index (χ0) is 14.3. The summed E-state index contributed by atoms with van der Waals surface area (Å²) in [6, 6.07) is 6.04. The standard InChI is InChI=1S/C16H19NO3/c1-17-14(18)8-7-11-3-2-4-12(16(11)17)13(9-15(19)20)10-5-6-10/h2-4,10,13H,5-9H2,1H3,(H,19,20). The number of carbonyl (C=O) groups excluding carboxylic acids is 1. The largest absolute Gasteiger partial charge is 0.481 e. The van der Waals surface area contributed by atoms with Gasteiger partial charge in [-0.25, -0.2) is 0 Å². The lowest BCUT2D eigenvalue weighted by molar-refractivity contribution is -0.137. The van der Waals surface area contributed by atoms with Gasteiger partial charge in [0.05, 0.1) is 6.42 Å². The highest BCUT2D eigenvalue weighted by atomic mass is 16.4. The fourth-order valence-corrected chi connectivity index (χ4v) is 3.27. The molecule has 0 spiro atoms. The quantitative estimate of drug-likeness (QED) is 0.917. The molecule has 4 nitrogen and oxygen atoms in total. The molecule has 0 aromatic heterocycles. The molecule has 1 saturated carbocycles. The van der Waals surface area contributed by atoms with Crippen LogP contribution in [0.1, 0.15) is 42.7 Å². The van der Waals surface area contributed by atoms with Crippen LogP contribution >= 0.6 is 0 Å². The first-order valence-electron chi connectivity index (χ1n) is 7.18. The van der Waals surface area contributed by atoms with Crippen molar-refractivity contribution in [3.8, 4) is 0 Å². The van der Waals surface area contributed by atoms with Crippen LogP contribution in [0.15, 0.2) is 18.2 Å². The Morgan fingerprint density at radius 2 is 2.15 bits per heavy atom. The average Bonchev–Trinajstić information content (AvgIpc) is 3.24. The van der Waals surface area contributed by atoms with Crippen LogP contribution in [0.2, 0.25) is 0 Å². The number of hydrogen-bond acceptors (Lipinski definition) is 2. The van der Waals surface area contributed by atoms with Crippen molar-refractivity contribution in [3.05, 3.63) is 29.3 Å². The monoisotopic (exact) mass is 273 g/mol. The van der Waals surface area contributed by atoms with Gasteiger partial charge in [-0.15, -0.1) is 0 Å². The SMILES string of the molecule is CN1C(=O)CCc2cccc(C(CC(=O)O)C3CC3)c21. The molecule has 1 aromatic carbocycles. The molecule has 0 radical (unpaired) electrons. The Balaban J connectivity index is 2.04. The van der Waals surface area contributed by atoms with E-state index in [2.05, 4.69) is 0 Å². The van der Waals surface area contributed by atoms with E-state index >= 15 is 0 Å². The molecule has 1 fully saturated rings. The van der Waals surface area contributed by atoms with Crippen molar-refractivity contribution >= 4 is 17.6 Å². The summed E-state index contributed by atoms with van der Waals surface area (Å²) in [5.74, 6) is -0.141. The fraction of sp³-hybridized carbons (Fsp3) is 0.500. The lowest BCUT2D eigenvalue weighted by Gasteiger charge is -2.31. The Morgan fingerprint density at radius 3 is 2.80 bits per heavy atom. The summed E-state index contributed by atoms with van der Waals surface area (Å²) in [5, 5.41) is 9.16. The molecular weight excluding hydrogens is 254 g/mol. The van der Waals surface area contributed by atoms with Gasteiger partial charge >= 0.3 is 5.97 Å². The summed E-state index contributed by atoms with van der Waals surface area (Å²) < 4.78 is 0. The predicted octanol–water partition coefficient (Wildman–Crippen LogP) is 2.56. The third-order valence-electron chi connectivity index (χ3n) is 4.45. The number of aryl methyl sites for hydroxylation is 1. The van der Waals surface area contributed by atoms with Crippen molar-refractivity contribution in [2.75, 3.05) is 11.9 Å². The van der Waals surface area contributed by atoms with E-state index in [0.29, 0.717) is 12.3 Å². The predicted molar refractivity (Wildman–Crippen MR) is 75.9 cm³/mol. The van der Waals surface area contributed by atoms with Crippen molar-refractivity contribution in [1.29, 1.82) is 0 Å². The first-order chi connectivity index (χ1) is 9.58. The van der Waals surface area contributed by atoms with Gasteiger partial charge in [0.1, 0.15) is 0 Å². The van der Waals surface area contributed by atoms with E-state index in [4.69, 9.17) is 5.11 Å². The number of carboxylic acid groups (broad SMARTS) is 1. The molecule has 1 atom stereocenters. The number of anilines is 1. The number of benzene rings is 1. The van der Waals surface area contributed by atoms with Gasteiger partial charge in [0.25, 0.3) is 0 Å². The van der Waals surface area contributed by atoms with Gasteiger partial charge in [-0.3, -0.25) is 9.59 Å². The molecule has 4 heteroatoms. The van der Waals surface area contributed by atoms with E-state index in [0.717, 1.165) is 30.5 Å². The zero-order valence-corrected chi connectivity index (χ0v) is 11.6. The molecule has 20 heavy (non-hydrogen) atoms. The third kappa shape index (κ3) is 2.30. The molecule has 1 aliphatic carbocycles. The van der Waals surface area contributed by atoms with Crippen molar-refractivity contribution in [1.82, 2.24) is 0 Å². The van der Waals surface area contributed by atoms with Gasteiger partial charge in [-0.2, -0.15) is 0 Å². The first kappa shape index (κ1) is 13.2. The number of carboxylic acids is 1. The second-order valence-corrected chi connectivity index (χ2v) is 5.85. The molecule has 106 valence electrons. The molecule has 0 saturated heterocycles. The van der Waals surface area contributed by atoms with Crippen LogP contribution in [-0.2, 0) is 16.0 Å². The summed E-state index contributed by atoms with van der Waals surface area (Å²) in [5.41, 5.74) is 3.17. The molecule has 3 rings (SSSR count). The second kappa shape index (κ2) is 4.93. The number of aliphatic carboxylic acids is 1. The number of para-hydroxylation sites is 1. The smallest absolute Gasteiger partial charge is 0.303 e. The summed E-state index contributed by atoms with van der Waals surface area (Å²) in [6.07, 6.45) is 3.65. The average molecular weight is 273 g/mol. The Hall–Kier alpha value is -1.84. The number of rotatable bonds is 4.